The van der Waals surface area contributed by atoms with Crippen LogP contribution in [0.4, 0.5) is 0 Å². The first kappa shape index (κ1) is 19.7. The number of ether oxygens (including phenoxy) is 2. The number of carbonyl (C=O) groups is 1. The highest BCUT2D eigenvalue weighted by atomic mass is 32.2. The molecule has 1 aromatic carbocycles. The number of benzene rings is 1. The van der Waals surface area contributed by atoms with Crippen LogP contribution in [0.1, 0.15) is 14.5 Å². The molecule has 1 amide bonds. The van der Waals surface area contributed by atoms with E-state index < -0.39 is 10.0 Å². The Kier molecular flexibility index (Phi) is 5.73. The zero-order valence-corrected chi connectivity index (χ0v) is 17.1. The van der Waals surface area contributed by atoms with Crippen molar-refractivity contribution >= 4 is 27.3 Å². The summed E-state index contributed by atoms with van der Waals surface area (Å²) in [7, 11) is -0.842. The standard InChI is InChI=1S/C18H22N2O5S2/c1-13-4-7-16(26-13)18(21)19-8-10-20(11-9-19)27(22,23)17-12-14(24-2)5-6-15(17)25-3/h4-7,12H,8-11H2,1-3H3. The van der Waals surface area contributed by atoms with Crippen LogP contribution in [0.3, 0.4) is 0 Å². The third-order valence-corrected chi connectivity index (χ3v) is 7.37. The molecule has 146 valence electrons. The Balaban J connectivity index is 1.76. The van der Waals surface area contributed by atoms with Crippen molar-refractivity contribution in [2.24, 2.45) is 0 Å². The molecule has 2 aromatic rings. The second kappa shape index (κ2) is 7.87. The van der Waals surface area contributed by atoms with Crippen molar-refractivity contribution in [2.75, 3.05) is 40.4 Å². The van der Waals surface area contributed by atoms with Crippen LogP contribution >= 0.6 is 11.3 Å². The van der Waals surface area contributed by atoms with Crippen LogP contribution in [0.5, 0.6) is 11.5 Å². The summed E-state index contributed by atoms with van der Waals surface area (Å²) >= 11 is 1.45. The van der Waals surface area contributed by atoms with Gasteiger partial charge in [0.2, 0.25) is 10.0 Å². The number of carbonyl (C=O) groups excluding carboxylic acids is 1. The largest absolute Gasteiger partial charge is 0.497 e. The maximum absolute atomic E-state index is 13.1. The zero-order chi connectivity index (χ0) is 19.6. The number of rotatable bonds is 5. The molecule has 0 saturated carbocycles. The molecule has 0 bridgehead atoms. The van der Waals surface area contributed by atoms with Crippen LogP contribution in [0.25, 0.3) is 0 Å². The van der Waals surface area contributed by atoms with Crippen molar-refractivity contribution < 1.29 is 22.7 Å². The second-order valence-electron chi connectivity index (χ2n) is 6.12. The summed E-state index contributed by atoms with van der Waals surface area (Å²) in [5.41, 5.74) is 0. The zero-order valence-electron chi connectivity index (χ0n) is 15.5. The van der Waals surface area contributed by atoms with E-state index in [9.17, 15) is 13.2 Å². The Morgan fingerprint density at radius 2 is 1.74 bits per heavy atom. The van der Waals surface area contributed by atoms with Crippen LogP contribution in [0.15, 0.2) is 35.2 Å². The minimum atomic E-state index is -3.75. The van der Waals surface area contributed by atoms with E-state index in [0.29, 0.717) is 23.7 Å². The predicted octanol–water partition coefficient (Wildman–Crippen LogP) is 2.22. The van der Waals surface area contributed by atoms with Gasteiger partial charge in [-0.15, -0.1) is 11.3 Å². The Morgan fingerprint density at radius 3 is 2.30 bits per heavy atom. The van der Waals surface area contributed by atoms with E-state index in [1.807, 2.05) is 19.1 Å². The van der Waals surface area contributed by atoms with Crippen LogP contribution < -0.4 is 9.47 Å². The Hall–Kier alpha value is -2.10. The predicted molar refractivity (Wildman–Crippen MR) is 103 cm³/mol. The van der Waals surface area contributed by atoms with Gasteiger partial charge in [-0.05, 0) is 31.2 Å². The van der Waals surface area contributed by atoms with Gasteiger partial charge in [-0.1, -0.05) is 0 Å². The number of sulfonamides is 1. The van der Waals surface area contributed by atoms with Gasteiger partial charge in [0.1, 0.15) is 16.4 Å². The summed E-state index contributed by atoms with van der Waals surface area (Å²) < 4.78 is 37.9. The topological polar surface area (TPSA) is 76.2 Å². The molecule has 0 atom stereocenters. The lowest BCUT2D eigenvalue weighted by atomic mass is 10.3. The van der Waals surface area contributed by atoms with E-state index in [1.165, 1.54) is 35.9 Å². The molecule has 1 saturated heterocycles. The summed E-state index contributed by atoms with van der Waals surface area (Å²) in [5.74, 6) is 0.656. The van der Waals surface area contributed by atoms with E-state index in [4.69, 9.17) is 9.47 Å². The summed E-state index contributed by atoms with van der Waals surface area (Å²) in [5, 5.41) is 0. The Morgan fingerprint density at radius 1 is 1.04 bits per heavy atom. The Bertz CT molecular complexity index is 931. The molecule has 7 nitrogen and oxygen atoms in total. The summed E-state index contributed by atoms with van der Waals surface area (Å²) in [4.78, 5) is 16.1. The minimum Gasteiger partial charge on any atom is -0.497 e. The van der Waals surface area contributed by atoms with E-state index >= 15 is 0 Å². The smallest absolute Gasteiger partial charge is 0.264 e. The fourth-order valence-electron chi connectivity index (χ4n) is 2.96. The number of aryl methyl sites for hydroxylation is 1. The third-order valence-electron chi connectivity index (χ3n) is 4.47. The van der Waals surface area contributed by atoms with Gasteiger partial charge in [0.05, 0.1) is 19.1 Å². The average Bonchev–Trinajstić information content (AvgIpc) is 3.13. The molecule has 2 heterocycles. The maximum Gasteiger partial charge on any atom is 0.264 e. The van der Waals surface area contributed by atoms with Gasteiger partial charge in [-0.25, -0.2) is 8.42 Å². The lowest BCUT2D eigenvalue weighted by Gasteiger charge is -2.34. The number of hydrogen-bond acceptors (Lipinski definition) is 6. The number of piperazine rings is 1. The van der Waals surface area contributed by atoms with Gasteiger partial charge in [-0.3, -0.25) is 4.79 Å². The first-order valence-electron chi connectivity index (χ1n) is 8.44. The summed E-state index contributed by atoms with van der Waals surface area (Å²) in [6.07, 6.45) is 0. The summed E-state index contributed by atoms with van der Waals surface area (Å²) in [6.45, 7) is 3.12. The highest BCUT2D eigenvalue weighted by molar-refractivity contribution is 7.89. The quantitative estimate of drug-likeness (QED) is 0.756. The molecule has 0 unspecified atom stereocenters. The van der Waals surface area contributed by atoms with Crippen molar-refractivity contribution in [2.45, 2.75) is 11.8 Å². The monoisotopic (exact) mass is 410 g/mol. The van der Waals surface area contributed by atoms with Crippen LogP contribution in [-0.4, -0.2) is 63.9 Å². The van der Waals surface area contributed by atoms with Crippen molar-refractivity contribution in [3.8, 4) is 11.5 Å². The van der Waals surface area contributed by atoms with Gasteiger partial charge in [0.25, 0.3) is 5.91 Å². The normalized spacial score (nSPS) is 15.6. The van der Waals surface area contributed by atoms with Crippen molar-refractivity contribution in [1.82, 2.24) is 9.21 Å². The van der Waals surface area contributed by atoms with Gasteiger partial charge in [0.15, 0.2) is 0 Å². The number of thiophene rings is 1. The maximum atomic E-state index is 13.1. The number of nitrogens with zero attached hydrogens (tertiary/aromatic N) is 2. The van der Waals surface area contributed by atoms with Gasteiger partial charge < -0.3 is 14.4 Å². The fraction of sp³-hybridized carbons (Fsp3) is 0.389. The van der Waals surface area contributed by atoms with Crippen LogP contribution in [-0.2, 0) is 10.0 Å². The highest BCUT2D eigenvalue weighted by Gasteiger charge is 2.33. The molecule has 0 radical (unpaired) electrons. The van der Waals surface area contributed by atoms with Crippen molar-refractivity contribution in [1.29, 1.82) is 0 Å². The Labute approximate surface area is 163 Å². The van der Waals surface area contributed by atoms with Crippen LogP contribution in [0.2, 0.25) is 0 Å². The second-order valence-corrected chi connectivity index (χ2v) is 9.32. The molecular weight excluding hydrogens is 388 g/mol. The van der Waals surface area contributed by atoms with E-state index in [1.54, 1.807) is 17.0 Å². The number of methoxy groups -OCH3 is 2. The molecule has 27 heavy (non-hydrogen) atoms. The molecule has 1 aliphatic heterocycles. The van der Waals surface area contributed by atoms with E-state index in [0.717, 1.165) is 4.88 Å². The van der Waals surface area contributed by atoms with E-state index in [2.05, 4.69) is 0 Å². The van der Waals surface area contributed by atoms with E-state index in [-0.39, 0.29) is 29.6 Å². The van der Waals surface area contributed by atoms with Gasteiger partial charge >= 0.3 is 0 Å². The lowest BCUT2D eigenvalue weighted by molar-refractivity contribution is 0.0702. The highest BCUT2D eigenvalue weighted by Crippen LogP contribution is 2.31. The molecule has 3 rings (SSSR count). The lowest BCUT2D eigenvalue weighted by Crippen LogP contribution is -2.50. The number of amides is 1. The molecule has 9 heteroatoms. The molecule has 0 N–H and O–H groups in total. The van der Waals surface area contributed by atoms with Crippen molar-refractivity contribution in [3.63, 3.8) is 0 Å². The first-order chi connectivity index (χ1) is 12.9. The first-order valence-corrected chi connectivity index (χ1v) is 10.7. The molecule has 0 aliphatic carbocycles. The average molecular weight is 411 g/mol. The third kappa shape index (κ3) is 3.95. The summed E-state index contributed by atoms with van der Waals surface area (Å²) in [6, 6.07) is 8.41. The molecule has 1 aliphatic rings. The molecule has 0 spiro atoms. The van der Waals surface area contributed by atoms with Gasteiger partial charge in [0, 0.05) is 37.1 Å². The van der Waals surface area contributed by atoms with Crippen molar-refractivity contribution in [3.05, 3.63) is 40.1 Å². The molecular formula is C18H22N2O5S2. The molecule has 1 fully saturated rings. The van der Waals surface area contributed by atoms with Crippen LogP contribution in [0, 0.1) is 6.92 Å². The number of hydrogen-bond donors (Lipinski definition) is 0. The molecule has 1 aromatic heterocycles. The SMILES string of the molecule is COc1ccc(OC)c(S(=O)(=O)N2CCN(C(=O)c3ccc(C)s3)CC2)c1. The van der Waals surface area contributed by atoms with Gasteiger partial charge in [-0.2, -0.15) is 4.31 Å². The fourth-order valence-corrected chi connectivity index (χ4v) is 5.39. The minimum absolute atomic E-state index is 0.0518.